The average Bonchev–Trinajstić information content (AvgIpc) is 2.69. The maximum Gasteiger partial charge on any atom is 0.222 e. The van der Waals surface area contributed by atoms with Gasteiger partial charge in [-0.3, -0.25) is 4.79 Å². The van der Waals surface area contributed by atoms with Crippen molar-refractivity contribution in [1.82, 2.24) is 4.90 Å². The van der Waals surface area contributed by atoms with Crippen LogP contribution in [0, 0.1) is 11.3 Å². The van der Waals surface area contributed by atoms with Crippen molar-refractivity contribution < 1.29 is 9.53 Å². The standard InChI is InChI=1S/C22H24N2O2/c23-17-19-9-4-10-21(16-19)26-20-12-14-24(15-13-20)22(25)11-5-8-18-6-2-1-3-7-18/h1-4,6-7,9-10,16,20H,5,8,11-15H2. The van der Waals surface area contributed by atoms with E-state index in [9.17, 15) is 4.79 Å². The lowest BCUT2D eigenvalue weighted by Gasteiger charge is -2.32. The molecular formula is C22H24N2O2. The smallest absolute Gasteiger partial charge is 0.222 e. The summed E-state index contributed by atoms with van der Waals surface area (Å²) in [5, 5.41) is 8.96. The van der Waals surface area contributed by atoms with Gasteiger partial charge in [-0.15, -0.1) is 0 Å². The topological polar surface area (TPSA) is 53.3 Å². The molecule has 1 aliphatic heterocycles. The summed E-state index contributed by atoms with van der Waals surface area (Å²) in [7, 11) is 0. The molecule has 1 aliphatic rings. The molecule has 0 saturated carbocycles. The predicted molar refractivity (Wildman–Crippen MR) is 101 cm³/mol. The van der Waals surface area contributed by atoms with Crippen molar-refractivity contribution in [1.29, 1.82) is 5.26 Å². The summed E-state index contributed by atoms with van der Waals surface area (Å²) in [6.07, 6.45) is 4.21. The molecule has 1 amide bonds. The van der Waals surface area contributed by atoms with Crippen LogP contribution in [0.4, 0.5) is 0 Å². The van der Waals surface area contributed by atoms with Crippen molar-refractivity contribution in [2.45, 2.75) is 38.2 Å². The van der Waals surface area contributed by atoms with E-state index in [0.29, 0.717) is 12.0 Å². The number of likely N-dealkylation sites (tertiary alicyclic amines) is 1. The molecule has 26 heavy (non-hydrogen) atoms. The van der Waals surface area contributed by atoms with Crippen LogP contribution < -0.4 is 4.74 Å². The largest absolute Gasteiger partial charge is 0.490 e. The molecule has 3 rings (SSSR count). The maximum absolute atomic E-state index is 12.4. The minimum Gasteiger partial charge on any atom is -0.490 e. The highest BCUT2D eigenvalue weighted by Crippen LogP contribution is 2.20. The van der Waals surface area contributed by atoms with E-state index in [1.54, 1.807) is 12.1 Å². The Labute approximate surface area is 155 Å². The number of rotatable bonds is 6. The number of nitriles is 1. The summed E-state index contributed by atoms with van der Waals surface area (Å²) in [6.45, 7) is 1.49. The van der Waals surface area contributed by atoms with Crippen LogP contribution in [0.25, 0.3) is 0 Å². The molecule has 0 spiro atoms. The fraction of sp³-hybridized carbons (Fsp3) is 0.364. The third-order valence-electron chi connectivity index (χ3n) is 4.76. The number of nitrogens with zero attached hydrogens (tertiary/aromatic N) is 2. The Morgan fingerprint density at radius 2 is 1.88 bits per heavy atom. The Bertz CT molecular complexity index is 759. The third kappa shape index (κ3) is 5.10. The molecule has 1 fully saturated rings. The Kier molecular flexibility index (Phi) is 6.27. The molecule has 2 aromatic rings. The molecule has 4 nitrogen and oxygen atoms in total. The fourth-order valence-corrected chi connectivity index (χ4v) is 3.30. The lowest BCUT2D eigenvalue weighted by molar-refractivity contribution is -0.133. The molecule has 2 aromatic carbocycles. The normalized spacial score (nSPS) is 14.7. The van der Waals surface area contributed by atoms with E-state index in [4.69, 9.17) is 10.00 Å². The highest BCUT2D eigenvalue weighted by molar-refractivity contribution is 5.76. The van der Waals surface area contributed by atoms with Gasteiger partial charge in [0.1, 0.15) is 11.9 Å². The second-order valence-corrected chi connectivity index (χ2v) is 6.68. The van der Waals surface area contributed by atoms with E-state index in [1.807, 2.05) is 35.2 Å². The van der Waals surface area contributed by atoms with Crippen molar-refractivity contribution >= 4 is 5.91 Å². The van der Waals surface area contributed by atoms with Crippen molar-refractivity contribution in [3.63, 3.8) is 0 Å². The van der Waals surface area contributed by atoms with E-state index >= 15 is 0 Å². The summed E-state index contributed by atoms with van der Waals surface area (Å²) in [5.41, 5.74) is 1.89. The van der Waals surface area contributed by atoms with Crippen LogP contribution in [-0.2, 0) is 11.2 Å². The van der Waals surface area contributed by atoms with E-state index in [-0.39, 0.29) is 12.0 Å². The molecule has 0 N–H and O–H groups in total. The summed E-state index contributed by atoms with van der Waals surface area (Å²) in [5.74, 6) is 0.975. The molecule has 134 valence electrons. The summed E-state index contributed by atoms with van der Waals surface area (Å²) in [4.78, 5) is 14.3. The Morgan fingerprint density at radius 3 is 2.62 bits per heavy atom. The minimum absolute atomic E-state index is 0.109. The lowest BCUT2D eigenvalue weighted by Crippen LogP contribution is -2.41. The summed E-state index contributed by atoms with van der Waals surface area (Å²) < 4.78 is 5.98. The van der Waals surface area contributed by atoms with Gasteiger partial charge in [0.25, 0.3) is 0 Å². The van der Waals surface area contributed by atoms with E-state index in [1.165, 1.54) is 5.56 Å². The first-order valence-corrected chi connectivity index (χ1v) is 9.23. The Balaban J connectivity index is 1.40. The number of benzene rings is 2. The Morgan fingerprint density at radius 1 is 1.12 bits per heavy atom. The predicted octanol–water partition coefficient (Wildman–Crippen LogP) is 3.95. The van der Waals surface area contributed by atoms with Gasteiger partial charge in [0, 0.05) is 32.4 Å². The van der Waals surface area contributed by atoms with Gasteiger partial charge in [0.15, 0.2) is 0 Å². The van der Waals surface area contributed by atoms with Gasteiger partial charge >= 0.3 is 0 Å². The van der Waals surface area contributed by atoms with Crippen LogP contribution in [0.3, 0.4) is 0 Å². The van der Waals surface area contributed by atoms with Crippen LogP contribution in [0.15, 0.2) is 54.6 Å². The zero-order valence-corrected chi connectivity index (χ0v) is 14.9. The number of ether oxygens (including phenoxy) is 1. The summed E-state index contributed by atoms with van der Waals surface area (Å²) in [6, 6.07) is 19.7. The quantitative estimate of drug-likeness (QED) is 0.794. The number of piperidine rings is 1. The van der Waals surface area contributed by atoms with Gasteiger partial charge in [-0.1, -0.05) is 36.4 Å². The molecule has 4 heteroatoms. The highest BCUT2D eigenvalue weighted by atomic mass is 16.5. The molecule has 1 saturated heterocycles. The van der Waals surface area contributed by atoms with Crippen LogP contribution >= 0.6 is 0 Å². The lowest BCUT2D eigenvalue weighted by atomic mass is 10.1. The SMILES string of the molecule is N#Cc1cccc(OC2CCN(C(=O)CCCc3ccccc3)CC2)c1. The first-order valence-electron chi connectivity index (χ1n) is 9.23. The first-order chi connectivity index (χ1) is 12.7. The zero-order chi connectivity index (χ0) is 18.2. The molecule has 0 bridgehead atoms. The monoisotopic (exact) mass is 348 g/mol. The molecule has 0 unspecified atom stereocenters. The second-order valence-electron chi connectivity index (χ2n) is 6.68. The van der Waals surface area contributed by atoms with Gasteiger partial charge in [-0.25, -0.2) is 0 Å². The summed E-state index contributed by atoms with van der Waals surface area (Å²) >= 11 is 0. The molecule has 1 heterocycles. The van der Waals surface area contributed by atoms with Crippen LogP contribution in [-0.4, -0.2) is 30.0 Å². The van der Waals surface area contributed by atoms with Crippen LogP contribution in [0.5, 0.6) is 5.75 Å². The molecule has 0 radical (unpaired) electrons. The van der Waals surface area contributed by atoms with Gasteiger partial charge < -0.3 is 9.64 Å². The third-order valence-corrected chi connectivity index (χ3v) is 4.76. The fourth-order valence-electron chi connectivity index (χ4n) is 3.30. The molecule has 0 atom stereocenters. The number of hydrogen-bond acceptors (Lipinski definition) is 3. The highest BCUT2D eigenvalue weighted by Gasteiger charge is 2.23. The van der Waals surface area contributed by atoms with Crippen molar-refractivity contribution in [3.8, 4) is 11.8 Å². The number of carbonyl (C=O) groups is 1. The minimum atomic E-state index is 0.109. The van der Waals surface area contributed by atoms with Crippen LogP contribution in [0.2, 0.25) is 0 Å². The van der Waals surface area contributed by atoms with Gasteiger partial charge in [-0.2, -0.15) is 5.26 Å². The number of carbonyl (C=O) groups excluding carboxylic acids is 1. The van der Waals surface area contributed by atoms with Gasteiger partial charge in [-0.05, 0) is 36.6 Å². The average molecular weight is 348 g/mol. The number of aryl methyl sites for hydroxylation is 1. The zero-order valence-electron chi connectivity index (χ0n) is 14.9. The second kappa shape index (κ2) is 9.05. The van der Waals surface area contributed by atoms with Gasteiger partial charge in [0.05, 0.1) is 11.6 Å². The number of hydrogen-bond donors (Lipinski definition) is 0. The number of amides is 1. The van der Waals surface area contributed by atoms with Crippen molar-refractivity contribution in [3.05, 3.63) is 65.7 Å². The molecule has 0 aliphatic carbocycles. The van der Waals surface area contributed by atoms with Crippen molar-refractivity contribution in [2.75, 3.05) is 13.1 Å². The van der Waals surface area contributed by atoms with Crippen LogP contribution in [0.1, 0.15) is 36.8 Å². The van der Waals surface area contributed by atoms with Crippen molar-refractivity contribution in [2.24, 2.45) is 0 Å². The van der Waals surface area contributed by atoms with E-state index < -0.39 is 0 Å². The maximum atomic E-state index is 12.4. The van der Waals surface area contributed by atoms with E-state index in [0.717, 1.165) is 44.5 Å². The van der Waals surface area contributed by atoms with Gasteiger partial charge in [0.2, 0.25) is 5.91 Å². The molecule has 0 aromatic heterocycles. The van der Waals surface area contributed by atoms with E-state index in [2.05, 4.69) is 18.2 Å². The first kappa shape index (κ1) is 18.0. The Hall–Kier alpha value is -2.80. The molecular weight excluding hydrogens is 324 g/mol.